The molecule has 0 saturated heterocycles. The summed E-state index contributed by atoms with van der Waals surface area (Å²) >= 11 is 7.35. The summed E-state index contributed by atoms with van der Waals surface area (Å²) in [4.78, 5) is 20.1. The Kier molecular flexibility index (Phi) is 4.97. The number of benzene rings is 2. The van der Waals surface area contributed by atoms with Gasteiger partial charge in [-0.2, -0.15) is 0 Å². The minimum atomic E-state index is -0.339. The molecule has 1 amide bonds. The summed E-state index contributed by atoms with van der Waals surface area (Å²) in [6.45, 7) is 1.82. The summed E-state index contributed by atoms with van der Waals surface area (Å²) < 4.78 is 5.24. The van der Waals surface area contributed by atoms with Crippen molar-refractivity contribution in [2.24, 2.45) is 0 Å². The number of thioether (sulfide) groups is 1. The Balaban J connectivity index is 1.71. The van der Waals surface area contributed by atoms with Gasteiger partial charge in [-0.1, -0.05) is 35.5 Å². The van der Waals surface area contributed by atoms with Gasteiger partial charge in [-0.3, -0.25) is 4.79 Å². The van der Waals surface area contributed by atoms with Gasteiger partial charge in [0, 0.05) is 5.02 Å². The first kappa shape index (κ1) is 16.7. The fourth-order valence-corrected chi connectivity index (χ4v) is 3.21. The van der Waals surface area contributed by atoms with Crippen molar-refractivity contribution in [2.45, 2.75) is 17.3 Å². The van der Waals surface area contributed by atoms with Crippen molar-refractivity contribution >= 4 is 46.0 Å². The third kappa shape index (κ3) is 3.66. The van der Waals surface area contributed by atoms with E-state index in [2.05, 4.69) is 15.3 Å². The maximum atomic E-state index is 12.4. The zero-order chi connectivity index (χ0) is 17.1. The molecule has 3 rings (SSSR count). The molecule has 2 N–H and O–H groups in total. The lowest BCUT2D eigenvalue weighted by Gasteiger charge is -2.13. The molecule has 124 valence electrons. The van der Waals surface area contributed by atoms with Crippen molar-refractivity contribution in [2.75, 3.05) is 12.4 Å². The predicted octanol–water partition coefficient (Wildman–Crippen LogP) is 4.34. The number of imidazole rings is 1. The van der Waals surface area contributed by atoms with Crippen LogP contribution in [0.3, 0.4) is 0 Å². The Morgan fingerprint density at radius 3 is 2.88 bits per heavy atom. The second-order valence-electron chi connectivity index (χ2n) is 5.15. The van der Waals surface area contributed by atoms with Crippen LogP contribution in [-0.2, 0) is 4.79 Å². The van der Waals surface area contributed by atoms with Gasteiger partial charge < -0.3 is 15.0 Å². The summed E-state index contributed by atoms with van der Waals surface area (Å²) in [5, 5.41) is 3.74. The largest absolute Gasteiger partial charge is 0.495 e. The van der Waals surface area contributed by atoms with Gasteiger partial charge in [-0.15, -0.1) is 0 Å². The fourth-order valence-electron chi connectivity index (χ4n) is 2.22. The SMILES string of the molecule is COc1ccc(Cl)cc1NC(=O)C(C)Sc1nc2ccccc2[nH]1. The summed E-state index contributed by atoms with van der Waals surface area (Å²) in [5.41, 5.74) is 2.38. The second-order valence-corrected chi connectivity index (χ2v) is 6.92. The van der Waals surface area contributed by atoms with Gasteiger partial charge >= 0.3 is 0 Å². The lowest BCUT2D eigenvalue weighted by atomic mass is 10.3. The number of aromatic amines is 1. The van der Waals surface area contributed by atoms with Crippen molar-refractivity contribution in [3.63, 3.8) is 0 Å². The molecular weight excluding hydrogens is 346 g/mol. The highest BCUT2D eigenvalue weighted by molar-refractivity contribution is 8.00. The van der Waals surface area contributed by atoms with Crippen LogP contribution < -0.4 is 10.1 Å². The molecule has 1 heterocycles. The van der Waals surface area contributed by atoms with Crippen molar-refractivity contribution in [1.29, 1.82) is 0 Å². The number of H-pyrrole nitrogens is 1. The van der Waals surface area contributed by atoms with E-state index in [9.17, 15) is 4.79 Å². The van der Waals surface area contributed by atoms with Crippen LogP contribution in [0.25, 0.3) is 11.0 Å². The highest BCUT2D eigenvalue weighted by atomic mass is 35.5. The molecular formula is C17H16ClN3O2S. The molecule has 1 atom stereocenters. The second kappa shape index (κ2) is 7.15. The van der Waals surface area contributed by atoms with E-state index < -0.39 is 0 Å². The monoisotopic (exact) mass is 361 g/mol. The molecule has 3 aromatic rings. The number of anilines is 1. The summed E-state index contributed by atoms with van der Waals surface area (Å²) in [7, 11) is 1.55. The molecule has 1 aromatic heterocycles. The van der Waals surface area contributed by atoms with Crippen LogP contribution in [0.2, 0.25) is 5.02 Å². The number of ether oxygens (including phenoxy) is 1. The van der Waals surface area contributed by atoms with Crippen LogP contribution >= 0.6 is 23.4 Å². The summed E-state index contributed by atoms with van der Waals surface area (Å²) in [5.74, 6) is 0.412. The normalized spacial score (nSPS) is 12.1. The molecule has 0 saturated carbocycles. The van der Waals surface area contributed by atoms with E-state index in [0.29, 0.717) is 21.6 Å². The van der Waals surface area contributed by atoms with E-state index in [0.717, 1.165) is 11.0 Å². The summed E-state index contributed by atoms with van der Waals surface area (Å²) in [6.07, 6.45) is 0. The lowest BCUT2D eigenvalue weighted by molar-refractivity contribution is -0.115. The molecule has 1 unspecified atom stereocenters. The first-order valence-corrected chi connectivity index (χ1v) is 8.58. The van der Waals surface area contributed by atoms with Crippen LogP contribution in [0.1, 0.15) is 6.92 Å². The highest BCUT2D eigenvalue weighted by Crippen LogP contribution is 2.29. The van der Waals surface area contributed by atoms with Gasteiger partial charge in [-0.05, 0) is 37.3 Å². The van der Waals surface area contributed by atoms with Crippen LogP contribution in [0.5, 0.6) is 5.75 Å². The number of para-hydroxylation sites is 2. The third-order valence-corrected chi connectivity index (χ3v) is 4.66. The first-order valence-electron chi connectivity index (χ1n) is 7.32. The van der Waals surface area contributed by atoms with Crippen LogP contribution in [0.4, 0.5) is 5.69 Å². The Labute approximate surface area is 148 Å². The molecule has 0 aliphatic heterocycles. The summed E-state index contributed by atoms with van der Waals surface area (Å²) in [6, 6.07) is 12.8. The van der Waals surface area contributed by atoms with Gasteiger partial charge in [0.05, 0.1) is 29.1 Å². The van der Waals surface area contributed by atoms with Crippen molar-refractivity contribution in [3.8, 4) is 5.75 Å². The predicted molar refractivity (Wildman–Crippen MR) is 98.0 cm³/mol. The minimum Gasteiger partial charge on any atom is -0.495 e. The minimum absolute atomic E-state index is 0.152. The van der Waals surface area contributed by atoms with E-state index in [-0.39, 0.29) is 11.2 Å². The van der Waals surface area contributed by atoms with Crippen LogP contribution in [0, 0.1) is 0 Å². The zero-order valence-electron chi connectivity index (χ0n) is 13.2. The Bertz CT molecular complexity index is 848. The number of carbonyl (C=O) groups excluding carboxylic acids is 1. The van der Waals surface area contributed by atoms with Gasteiger partial charge in [0.2, 0.25) is 5.91 Å². The average Bonchev–Trinajstić information content (AvgIpc) is 2.97. The number of amides is 1. The number of nitrogens with one attached hydrogen (secondary N) is 2. The van der Waals surface area contributed by atoms with Crippen molar-refractivity contribution in [3.05, 3.63) is 47.5 Å². The smallest absolute Gasteiger partial charge is 0.237 e. The Morgan fingerprint density at radius 1 is 1.33 bits per heavy atom. The first-order chi connectivity index (χ1) is 11.6. The molecule has 0 spiro atoms. The molecule has 0 bridgehead atoms. The van der Waals surface area contributed by atoms with Gasteiger partial charge in [0.15, 0.2) is 5.16 Å². The molecule has 7 heteroatoms. The van der Waals surface area contributed by atoms with Crippen molar-refractivity contribution < 1.29 is 9.53 Å². The average molecular weight is 362 g/mol. The number of hydrogen-bond donors (Lipinski definition) is 2. The number of halogens is 1. The highest BCUT2D eigenvalue weighted by Gasteiger charge is 2.18. The molecule has 0 aliphatic carbocycles. The quantitative estimate of drug-likeness (QED) is 0.663. The van der Waals surface area contributed by atoms with E-state index in [1.54, 1.807) is 25.3 Å². The number of fused-ring (bicyclic) bond motifs is 1. The number of hydrogen-bond acceptors (Lipinski definition) is 4. The van der Waals surface area contributed by atoms with E-state index in [4.69, 9.17) is 16.3 Å². The Hall–Kier alpha value is -2.18. The van der Waals surface area contributed by atoms with E-state index in [1.165, 1.54) is 11.8 Å². The molecule has 0 aliphatic rings. The standard InChI is InChI=1S/C17H16ClN3O2S/c1-10(24-17-20-12-5-3-4-6-13(12)21-17)16(22)19-14-9-11(18)7-8-15(14)23-2/h3-10H,1-2H3,(H,19,22)(H,20,21). The lowest BCUT2D eigenvalue weighted by Crippen LogP contribution is -2.22. The maximum absolute atomic E-state index is 12.4. The van der Waals surface area contributed by atoms with Gasteiger partial charge in [-0.25, -0.2) is 4.98 Å². The Morgan fingerprint density at radius 2 is 2.12 bits per heavy atom. The number of aromatic nitrogens is 2. The maximum Gasteiger partial charge on any atom is 0.237 e. The fraction of sp³-hybridized carbons (Fsp3) is 0.176. The number of rotatable bonds is 5. The van der Waals surface area contributed by atoms with E-state index >= 15 is 0 Å². The van der Waals surface area contributed by atoms with Gasteiger partial charge in [0.1, 0.15) is 5.75 Å². The molecule has 24 heavy (non-hydrogen) atoms. The van der Waals surface area contributed by atoms with E-state index in [1.807, 2.05) is 31.2 Å². The number of methoxy groups -OCH3 is 1. The zero-order valence-corrected chi connectivity index (χ0v) is 14.7. The van der Waals surface area contributed by atoms with Gasteiger partial charge in [0.25, 0.3) is 0 Å². The molecule has 2 aromatic carbocycles. The molecule has 0 fully saturated rings. The third-order valence-electron chi connectivity index (χ3n) is 3.44. The van der Waals surface area contributed by atoms with Crippen molar-refractivity contribution in [1.82, 2.24) is 9.97 Å². The topological polar surface area (TPSA) is 67.0 Å². The molecule has 0 radical (unpaired) electrons. The van der Waals surface area contributed by atoms with Crippen LogP contribution in [-0.4, -0.2) is 28.2 Å². The van der Waals surface area contributed by atoms with Crippen LogP contribution in [0.15, 0.2) is 47.6 Å². The number of carbonyl (C=O) groups is 1. The number of nitrogens with zero attached hydrogens (tertiary/aromatic N) is 1. The molecule has 5 nitrogen and oxygen atoms in total.